The monoisotopic (exact) mass is 273 g/mol. The van der Waals surface area contributed by atoms with Crippen molar-refractivity contribution in [3.05, 3.63) is 41.2 Å². The molecule has 0 aliphatic heterocycles. The zero-order valence-electron chi connectivity index (χ0n) is 12.0. The summed E-state index contributed by atoms with van der Waals surface area (Å²) >= 11 is 0. The van der Waals surface area contributed by atoms with Gasteiger partial charge in [0.15, 0.2) is 0 Å². The Bertz CT molecular complexity index is 605. The fourth-order valence-electron chi connectivity index (χ4n) is 1.97. The molecule has 2 rings (SSSR count). The van der Waals surface area contributed by atoms with Crippen molar-refractivity contribution in [3.63, 3.8) is 0 Å². The van der Waals surface area contributed by atoms with E-state index in [1.54, 1.807) is 6.20 Å². The summed E-state index contributed by atoms with van der Waals surface area (Å²) in [4.78, 5) is 12.0. The van der Waals surface area contributed by atoms with Crippen LogP contribution in [-0.2, 0) is 17.9 Å². The number of anilines is 1. The van der Waals surface area contributed by atoms with Crippen molar-refractivity contribution in [2.24, 2.45) is 0 Å². The Hall–Kier alpha value is -2.21. The van der Waals surface area contributed by atoms with Crippen LogP contribution in [0.1, 0.15) is 16.8 Å². The lowest BCUT2D eigenvalue weighted by atomic mass is 10.1. The Morgan fingerprint density at radius 1 is 1.35 bits per heavy atom. The number of amides is 1. The summed E-state index contributed by atoms with van der Waals surface area (Å²) in [6, 6.07) is 5.93. The first-order valence-corrected chi connectivity index (χ1v) is 6.49. The molecule has 1 aromatic carbocycles. The van der Waals surface area contributed by atoms with Gasteiger partial charge in [0.2, 0.25) is 5.91 Å². The minimum Gasteiger partial charge on any atom is -0.324 e. The Morgan fingerprint density at radius 3 is 2.85 bits per heavy atom. The Labute approximate surface area is 118 Å². The molecule has 1 amide bonds. The third-order valence-electron chi connectivity index (χ3n) is 2.91. The van der Waals surface area contributed by atoms with Gasteiger partial charge in [-0.05, 0) is 32.5 Å². The van der Waals surface area contributed by atoms with Crippen LogP contribution in [-0.4, -0.2) is 27.9 Å². The van der Waals surface area contributed by atoms with Crippen LogP contribution in [0.5, 0.6) is 0 Å². The molecule has 1 heterocycles. The molecule has 2 N–H and O–H groups in total. The van der Waals surface area contributed by atoms with E-state index in [2.05, 4.69) is 20.9 Å². The van der Waals surface area contributed by atoms with E-state index in [4.69, 9.17) is 0 Å². The lowest BCUT2D eigenvalue weighted by Crippen LogP contribution is -2.19. The number of carbonyl (C=O) groups is 1. The summed E-state index contributed by atoms with van der Waals surface area (Å²) in [5.74, 6) is -0.113. The number of hydrogen-bond donors (Lipinski definition) is 2. The zero-order valence-corrected chi connectivity index (χ0v) is 12.0. The number of aryl methyl sites for hydroxylation is 2. The number of rotatable bonds is 5. The van der Waals surface area contributed by atoms with Gasteiger partial charge in [0.05, 0.1) is 11.9 Å². The number of carbonyl (C=O) groups excluding carboxylic acids is 1. The molecule has 106 valence electrons. The third-order valence-corrected chi connectivity index (χ3v) is 2.91. The first-order chi connectivity index (χ1) is 9.58. The van der Waals surface area contributed by atoms with E-state index in [-0.39, 0.29) is 12.5 Å². The van der Waals surface area contributed by atoms with E-state index in [0.717, 1.165) is 16.9 Å². The summed E-state index contributed by atoms with van der Waals surface area (Å²) in [6.07, 6.45) is 1.76. The third kappa shape index (κ3) is 3.64. The van der Waals surface area contributed by atoms with Gasteiger partial charge < -0.3 is 10.6 Å². The minimum atomic E-state index is -0.113. The van der Waals surface area contributed by atoms with E-state index < -0.39 is 0 Å². The maximum absolute atomic E-state index is 12.0. The van der Waals surface area contributed by atoms with Crippen LogP contribution < -0.4 is 10.6 Å². The maximum atomic E-state index is 12.0. The molecule has 0 bridgehead atoms. The summed E-state index contributed by atoms with van der Waals surface area (Å²) < 4.78 is 1.53. The number of benzene rings is 1. The van der Waals surface area contributed by atoms with Crippen LogP contribution in [0.4, 0.5) is 5.69 Å². The zero-order chi connectivity index (χ0) is 14.5. The van der Waals surface area contributed by atoms with Gasteiger partial charge in [-0.15, -0.1) is 5.10 Å². The average molecular weight is 273 g/mol. The fourth-order valence-corrected chi connectivity index (χ4v) is 1.97. The van der Waals surface area contributed by atoms with E-state index in [0.29, 0.717) is 6.54 Å². The summed E-state index contributed by atoms with van der Waals surface area (Å²) in [5, 5.41) is 13.8. The van der Waals surface area contributed by atoms with Crippen molar-refractivity contribution >= 4 is 11.6 Å². The van der Waals surface area contributed by atoms with Crippen molar-refractivity contribution in [1.29, 1.82) is 0 Å². The van der Waals surface area contributed by atoms with Crippen LogP contribution in [0.3, 0.4) is 0 Å². The number of nitrogens with zero attached hydrogens (tertiary/aromatic N) is 3. The molecular weight excluding hydrogens is 254 g/mol. The molecular formula is C14H19N5O. The highest BCUT2D eigenvalue weighted by atomic mass is 16.2. The van der Waals surface area contributed by atoms with E-state index in [9.17, 15) is 4.79 Å². The molecule has 6 nitrogen and oxygen atoms in total. The van der Waals surface area contributed by atoms with Gasteiger partial charge in [0.25, 0.3) is 0 Å². The highest BCUT2D eigenvalue weighted by Crippen LogP contribution is 2.15. The quantitative estimate of drug-likeness (QED) is 0.860. The van der Waals surface area contributed by atoms with E-state index in [1.165, 1.54) is 10.2 Å². The molecule has 0 radical (unpaired) electrons. The van der Waals surface area contributed by atoms with Gasteiger partial charge in [0.1, 0.15) is 6.54 Å². The Morgan fingerprint density at radius 2 is 2.15 bits per heavy atom. The topological polar surface area (TPSA) is 71.8 Å². The first kappa shape index (κ1) is 14.2. The van der Waals surface area contributed by atoms with Crippen molar-refractivity contribution in [2.75, 3.05) is 12.4 Å². The van der Waals surface area contributed by atoms with Crippen molar-refractivity contribution in [3.8, 4) is 0 Å². The molecule has 20 heavy (non-hydrogen) atoms. The molecule has 0 atom stereocenters. The molecule has 0 unspecified atom stereocenters. The smallest absolute Gasteiger partial charge is 0.246 e. The van der Waals surface area contributed by atoms with Crippen molar-refractivity contribution < 1.29 is 4.79 Å². The van der Waals surface area contributed by atoms with E-state index in [1.807, 2.05) is 39.1 Å². The molecule has 0 spiro atoms. The number of hydrogen-bond acceptors (Lipinski definition) is 4. The number of aromatic nitrogens is 3. The van der Waals surface area contributed by atoms with Gasteiger partial charge in [0, 0.05) is 12.2 Å². The normalized spacial score (nSPS) is 10.6. The maximum Gasteiger partial charge on any atom is 0.246 e. The van der Waals surface area contributed by atoms with Gasteiger partial charge >= 0.3 is 0 Å². The van der Waals surface area contributed by atoms with Gasteiger partial charge in [-0.3, -0.25) is 4.79 Å². The SMILES string of the molecule is CNCc1cn(CC(=O)Nc2ccc(C)cc2C)nn1. The summed E-state index contributed by atoms with van der Waals surface area (Å²) in [5.41, 5.74) is 3.87. The van der Waals surface area contributed by atoms with Crippen LogP contribution in [0.2, 0.25) is 0 Å². The number of nitrogens with one attached hydrogen (secondary N) is 2. The first-order valence-electron chi connectivity index (χ1n) is 6.49. The Balaban J connectivity index is 1.97. The van der Waals surface area contributed by atoms with Crippen LogP contribution >= 0.6 is 0 Å². The molecule has 0 aliphatic carbocycles. The minimum absolute atomic E-state index is 0.113. The van der Waals surface area contributed by atoms with Gasteiger partial charge in [-0.25, -0.2) is 4.68 Å². The lowest BCUT2D eigenvalue weighted by molar-refractivity contribution is -0.116. The summed E-state index contributed by atoms with van der Waals surface area (Å²) in [6.45, 7) is 4.79. The Kier molecular flexibility index (Phi) is 4.47. The molecule has 6 heteroatoms. The molecule has 0 saturated carbocycles. The highest BCUT2D eigenvalue weighted by molar-refractivity contribution is 5.91. The van der Waals surface area contributed by atoms with Crippen LogP contribution in [0, 0.1) is 13.8 Å². The molecule has 0 saturated heterocycles. The van der Waals surface area contributed by atoms with Crippen molar-refractivity contribution in [1.82, 2.24) is 20.3 Å². The molecule has 1 aromatic heterocycles. The predicted octanol–water partition coefficient (Wildman–Crippen LogP) is 1.25. The highest BCUT2D eigenvalue weighted by Gasteiger charge is 2.07. The average Bonchev–Trinajstić information content (AvgIpc) is 2.81. The fraction of sp³-hybridized carbons (Fsp3) is 0.357. The standard InChI is InChI=1S/C14H19N5O/c1-10-4-5-13(11(2)6-10)16-14(20)9-19-8-12(7-15-3)17-18-19/h4-6,8,15H,7,9H2,1-3H3,(H,16,20). The second-order valence-corrected chi connectivity index (χ2v) is 4.80. The van der Waals surface area contributed by atoms with Crippen LogP contribution in [0.25, 0.3) is 0 Å². The molecule has 0 fully saturated rings. The largest absolute Gasteiger partial charge is 0.324 e. The molecule has 0 aliphatic rings. The van der Waals surface area contributed by atoms with Crippen LogP contribution in [0.15, 0.2) is 24.4 Å². The predicted molar refractivity (Wildman–Crippen MR) is 77.3 cm³/mol. The van der Waals surface area contributed by atoms with Gasteiger partial charge in [-0.2, -0.15) is 0 Å². The van der Waals surface area contributed by atoms with Gasteiger partial charge in [-0.1, -0.05) is 22.9 Å². The summed E-state index contributed by atoms with van der Waals surface area (Å²) in [7, 11) is 1.84. The molecule has 2 aromatic rings. The van der Waals surface area contributed by atoms with Crippen molar-refractivity contribution in [2.45, 2.75) is 26.9 Å². The second-order valence-electron chi connectivity index (χ2n) is 4.80. The van der Waals surface area contributed by atoms with E-state index >= 15 is 0 Å². The second kappa shape index (κ2) is 6.29. The lowest BCUT2D eigenvalue weighted by Gasteiger charge is -2.08.